The minimum Gasteiger partial charge on any atom is -0.496 e. The van der Waals surface area contributed by atoms with E-state index in [2.05, 4.69) is 6.92 Å². The Hall–Kier alpha value is -1.56. The van der Waals surface area contributed by atoms with Gasteiger partial charge in [-0.05, 0) is 36.0 Å². The highest BCUT2D eigenvalue weighted by Gasteiger charge is 2.23. The monoisotopic (exact) mass is 370 g/mol. The first-order chi connectivity index (χ1) is 11.7. The van der Waals surface area contributed by atoms with E-state index in [-0.39, 0.29) is 28.9 Å². The number of hydrogen-bond acceptors (Lipinski definition) is 4. The molecule has 0 bridgehead atoms. The summed E-state index contributed by atoms with van der Waals surface area (Å²) >= 11 is 0. The molecule has 1 N–H and O–H groups in total. The van der Waals surface area contributed by atoms with Gasteiger partial charge in [0.15, 0.2) is 9.84 Å². The summed E-state index contributed by atoms with van der Waals surface area (Å²) in [5.41, 5.74) is 0.768. The van der Waals surface area contributed by atoms with Crippen molar-refractivity contribution in [1.82, 2.24) is 0 Å². The SMILES string of the molecule is CCCCCC(CC(=O)O)c1ccc(S(=O)(=O)CC(C)C)cc1OC. The van der Waals surface area contributed by atoms with Crippen LogP contribution in [0.2, 0.25) is 0 Å². The molecule has 142 valence electrons. The van der Waals surface area contributed by atoms with Gasteiger partial charge in [-0.3, -0.25) is 4.79 Å². The van der Waals surface area contributed by atoms with E-state index in [1.54, 1.807) is 12.1 Å². The topological polar surface area (TPSA) is 80.7 Å². The Morgan fingerprint density at radius 1 is 1.24 bits per heavy atom. The van der Waals surface area contributed by atoms with Gasteiger partial charge in [0.05, 0.1) is 24.2 Å². The van der Waals surface area contributed by atoms with Gasteiger partial charge in [0.2, 0.25) is 0 Å². The quantitative estimate of drug-likeness (QED) is 0.589. The summed E-state index contributed by atoms with van der Waals surface area (Å²) < 4.78 is 30.3. The molecule has 1 unspecified atom stereocenters. The van der Waals surface area contributed by atoms with Crippen LogP contribution in [0.15, 0.2) is 23.1 Å². The van der Waals surface area contributed by atoms with Crippen molar-refractivity contribution in [2.45, 2.75) is 63.7 Å². The van der Waals surface area contributed by atoms with Gasteiger partial charge < -0.3 is 9.84 Å². The van der Waals surface area contributed by atoms with E-state index in [1.165, 1.54) is 13.2 Å². The molecule has 0 amide bonds. The molecule has 1 aromatic rings. The molecule has 25 heavy (non-hydrogen) atoms. The third-order valence-electron chi connectivity index (χ3n) is 4.13. The molecule has 0 saturated heterocycles. The van der Waals surface area contributed by atoms with E-state index >= 15 is 0 Å². The predicted molar refractivity (Wildman–Crippen MR) is 99.0 cm³/mol. The molecule has 0 spiro atoms. The number of benzene rings is 1. The van der Waals surface area contributed by atoms with E-state index in [1.807, 2.05) is 13.8 Å². The van der Waals surface area contributed by atoms with Gasteiger partial charge in [-0.25, -0.2) is 8.42 Å². The molecule has 0 aromatic heterocycles. The lowest BCUT2D eigenvalue weighted by Crippen LogP contribution is -2.13. The Balaban J connectivity index is 3.18. The maximum absolute atomic E-state index is 12.4. The van der Waals surface area contributed by atoms with Crippen molar-refractivity contribution in [2.75, 3.05) is 12.9 Å². The maximum atomic E-state index is 12.4. The summed E-state index contributed by atoms with van der Waals surface area (Å²) in [6.45, 7) is 5.82. The molecular weight excluding hydrogens is 340 g/mol. The number of carboxylic acid groups (broad SMARTS) is 1. The van der Waals surface area contributed by atoms with Crippen molar-refractivity contribution < 1.29 is 23.1 Å². The van der Waals surface area contributed by atoms with Crippen LogP contribution < -0.4 is 4.74 Å². The number of sulfone groups is 1. The van der Waals surface area contributed by atoms with Crippen LogP contribution in [0.25, 0.3) is 0 Å². The second-order valence-corrected chi connectivity index (χ2v) is 8.90. The molecule has 0 aliphatic carbocycles. The van der Waals surface area contributed by atoms with Gasteiger partial charge in [-0.15, -0.1) is 0 Å². The molecule has 1 atom stereocenters. The zero-order valence-corrected chi connectivity index (χ0v) is 16.4. The van der Waals surface area contributed by atoms with Crippen molar-refractivity contribution in [3.05, 3.63) is 23.8 Å². The van der Waals surface area contributed by atoms with Gasteiger partial charge >= 0.3 is 5.97 Å². The first-order valence-electron chi connectivity index (χ1n) is 8.83. The van der Waals surface area contributed by atoms with Crippen LogP contribution in [0.1, 0.15) is 64.4 Å². The predicted octanol–water partition coefficient (Wildman–Crippen LogP) is 4.26. The van der Waals surface area contributed by atoms with Crippen LogP contribution in [-0.2, 0) is 14.6 Å². The lowest BCUT2D eigenvalue weighted by atomic mass is 9.89. The van der Waals surface area contributed by atoms with Gasteiger partial charge in [0, 0.05) is 0 Å². The summed E-state index contributed by atoms with van der Waals surface area (Å²) in [4.78, 5) is 11.5. The summed E-state index contributed by atoms with van der Waals surface area (Å²) in [6, 6.07) is 4.82. The largest absolute Gasteiger partial charge is 0.496 e. The highest BCUT2D eigenvalue weighted by Crippen LogP contribution is 2.35. The standard InChI is InChI=1S/C19H30O5S/c1-5-6-7-8-15(11-19(20)21)17-10-9-16(12-18(17)24-4)25(22,23)13-14(2)3/h9-10,12,14-15H,5-8,11,13H2,1-4H3,(H,20,21). The van der Waals surface area contributed by atoms with Crippen LogP contribution in [0, 0.1) is 5.92 Å². The second-order valence-electron chi connectivity index (χ2n) is 6.87. The zero-order chi connectivity index (χ0) is 19.0. The smallest absolute Gasteiger partial charge is 0.303 e. The minimum atomic E-state index is -3.37. The van der Waals surface area contributed by atoms with E-state index in [0.717, 1.165) is 31.2 Å². The molecule has 0 saturated carbocycles. The third kappa shape index (κ3) is 6.69. The Morgan fingerprint density at radius 2 is 1.92 bits per heavy atom. The molecule has 0 aliphatic rings. The fourth-order valence-corrected chi connectivity index (χ4v) is 4.61. The van der Waals surface area contributed by atoms with Crippen LogP contribution in [0.3, 0.4) is 0 Å². The van der Waals surface area contributed by atoms with Crippen molar-refractivity contribution in [2.24, 2.45) is 5.92 Å². The summed E-state index contributed by atoms with van der Waals surface area (Å²) in [6.07, 6.45) is 3.79. The molecule has 1 aromatic carbocycles. The van der Waals surface area contributed by atoms with E-state index in [0.29, 0.717) is 5.75 Å². The van der Waals surface area contributed by atoms with Crippen molar-refractivity contribution in [1.29, 1.82) is 0 Å². The Morgan fingerprint density at radius 3 is 2.44 bits per heavy atom. The molecular formula is C19H30O5S. The Bertz CT molecular complexity index is 664. The number of methoxy groups -OCH3 is 1. The van der Waals surface area contributed by atoms with Crippen molar-refractivity contribution in [3.8, 4) is 5.75 Å². The van der Waals surface area contributed by atoms with Crippen LogP contribution >= 0.6 is 0 Å². The zero-order valence-electron chi connectivity index (χ0n) is 15.6. The summed E-state index contributed by atoms with van der Waals surface area (Å²) in [7, 11) is -1.89. The molecule has 0 fully saturated rings. The first-order valence-corrected chi connectivity index (χ1v) is 10.5. The van der Waals surface area contributed by atoms with E-state index < -0.39 is 15.8 Å². The van der Waals surface area contributed by atoms with Gasteiger partial charge in [-0.1, -0.05) is 46.1 Å². The average Bonchev–Trinajstić information content (AvgIpc) is 2.52. The molecule has 6 heteroatoms. The number of aliphatic carboxylic acids is 1. The number of unbranched alkanes of at least 4 members (excludes halogenated alkanes) is 2. The van der Waals surface area contributed by atoms with Crippen LogP contribution in [0.5, 0.6) is 5.75 Å². The molecule has 0 radical (unpaired) electrons. The van der Waals surface area contributed by atoms with Gasteiger partial charge in [-0.2, -0.15) is 0 Å². The molecule has 0 aliphatic heterocycles. The van der Waals surface area contributed by atoms with Crippen molar-refractivity contribution in [3.63, 3.8) is 0 Å². The van der Waals surface area contributed by atoms with E-state index in [4.69, 9.17) is 4.74 Å². The van der Waals surface area contributed by atoms with Gasteiger partial charge in [0.1, 0.15) is 5.75 Å². The Kier molecular flexibility index (Phi) is 8.42. The van der Waals surface area contributed by atoms with Crippen molar-refractivity contribution >= 4 is 15.8 Å². The lowest BCUT2D eigenvalue weighted by molar-refractivity contribution is -0.137. The second kappa shape index (κ2) is 9.80. The maximum Gasteiger partial charge on any atom is 0.303 e. The first kappa shape index (κ1) is 21.5. The highest BCUT2D eigenvalue weighted by molar-refractivity contribution is 7.91. The fourth-order valence-electron chi connectivity index (χ4n) is 2.98. The normalized spacial score (nSPS) is 13.0. The molecule has 0 heterocycles. The summed E-state index contributed by atoms with van der Waals surface area (Å²) in [5.74, 6) is -0.483. The van der Waals surface area contributed by atoms with Crippen LogP contribution in [-0.4, -0.2) is 32.4 Å². The highest BCUT2D eigenvalue weighted by atomic mass is 32.2. The number of hydrogen-bond donors (Lipinski definition) is 1. The third-order valence-corrected chi connectivity index (χ3v) is 6.21. The number of carbonyl (C=O) groups is 1. The molecule has 1 rings (SSSR count). The van der Waals surface area contributed by atoms with Gasteiger partial charge in [0.25, 0.3) is 0 Å². The van der Waals surface area contributed by atoms with E-state index in [9.17, 15) is 18.3 Å². The summed E-state index contributed by atoms with van der Waals surface area (Å²) in [5, 5.41) is 9.21. The number of carboxylic acids is 1. The molecule has 5 nitrogen and oxygen atoms in total. The van der Waals surface area contributed by atoms with Crippen LogP contribution in [0.4, 0.5) is 0 Å². The Labute approximate surface area is 151 Å². The fraction of sp³-hybridized carbons (Fsp3) is 0.632. The minimum absolute atomic E-state index is 0.0121. The number of rotatable bonds is 11. The lowest BCUT2D eigenvalue weighted by Gasteiger charge is -2.19. The number of ether oxygens (including phenoxy) is 1. The average molecular weight is 371 g/mol.